The SMILES string of the molecule is O=C([O-])Cc1ccc(NC(=O)C=Cc2ccc(O)cc2)cc1.[Na+]. The van der Waals surface area contributed by atoms with Gasteiger partial charge in [0.15, 0.2) is 0 Å². The predicted molar refractivity (Wildman–Crippen MR) is 80.9 cm³/mol. The van der Waals surface area contributed by atoms with Gasteiger partial charge in [0.2, 0.25) is 5.91 Å². The Bertz CT molecular complexity index is 694. The number of hydrogen-bond donors (Lipinski definition) is 2. The molecule has 112 valence electrons. The topological polar surface area (TPSA) is 89.5 Å². The molecule has 0 atom stereocenters. The summed E-state index contributed by atoms with van der Waals surface area (Å²) in [6.45, 7) is 0. The molecule has 2 rings (SSSR count). The molecule has 2 aromatic rings. The maximum absolute atomic E-state index is 11.8. The Morgan fingerprint density at radius 2 is 1.65 bits per heavy atom. The molecular formula is C17H14NNaO4. The summed E-state index contributed by atoms with van der Waals surface area (Å²) in [6.07, 6.45) is 2.84. The van der Waals surface area contributed by atoms with E-state index in [1.165, 1.54) is 18.2 Å². The van der Waals surface area contributed by atoms with Gasteiger partial charge in [-0.05, 0) is 41.5 Å². The van der Waals surface area contributed by atoms with Gasteiger partial charge in [-0.1, -0.05) is 24.3 Å². The summed E-state index contributed by atoms with van der Waals surface area (Å²) in [5.41, 5.74) is 1.97. The first-order valence-electron chi connectivity index (χ1n) is 6.60. The van der Waals surface area contributed by atoms with Crippen LogP contribution in [0.25, 0.3) is 6.08 Å². The monoisotopic (exact) mass is 319 g/mol. The van der Waals surface area contributed by atoms with Crippen molar-refractivity contribution in [3.05, 3.63) is 65.7 Å². The molecule has 0 saturated carbocycles. The number of carboxylic acids is 1. The summed E-state index contributed by atoms with van der Waals surface area (Å²) in [5, 5.41) is 22.3. The zero-order valence-corrected chi connectivity index (χ0v) is 14.7. The fraction of sp³-hybridized carbons (Fsp3) is 0.0588. The average Bonchev–Trinajstić information content (AvgIpc) is 2.48. The van der Waals surface area contributed by atoms with Crippen molar-refractivity contribution in [1.82, 2.24) is 0 Å². The first-order valence-corrected chi connectivity index (χ1v) is 6.60. The fourth-order valence-electron chi connectivity index (χ4n) is 1.81. The Morgan fingerprint density at radius 3 is 2.22 bits per heavy atom. The summed E-state index contributed by atoms with van der Waals surface area (Å²) >= 11 is 0. The number of carbonyl (C=O) groups excluding carboxylic acids is 2. The van der Waals surface area contributed by atoms with Crippen LogP contribution in [0.15, 0.2) is 54.6 Å². The number of anilines is 1. The van der Waals surface area contributed by atoms with E-state index >= 15 is 0 Å². The first-order chi connectivity index (χ1) is 10.5. The van der Waals surface area contributed by atoms with Crippen LogP contribution in [0.3, 0.4) is 0 Å². The summed E-state index contributed by atoms with van der Waals surface area (Å²) in [7, 11) is 0. The first kappa shape index (κ1) is 19.0. The minimum atomic E-state index is -1.14. The predicted octanol–water partition coefficient (Wildman–Crippen LogP) is -1.66. The second kappa shape index (κ2) is 9.15. The Morgan fingerprint density at radius 1 is 1.04 bits per heavy atom. The van der Waals surface area contributed by atoms with Gasteiger partial charge in [-0.15, -0.1) is 0 Å². The number of rotatable bonds is 5. The molecule has 1 amide bonds. The van der Waals surface area contributed by atoms with Crippen LogP contribution < -0.4 is 40.0 Å². The third-order valence-electron chi connectivity index (χ3n) is 2.89. The van der Waals surface area contributed by atoms with E-state index < -0.39 is 5.97 Å². The molecular weight excluding hydrogens is 305 g/mol. The summed E-state index contributed by atoms with van der Waals surface area (Å²) < 4.78 is 0. The van der Waals surface area contributed by atoms with Gasteiger partial charge >= 0.3 is 29.6 Å². The number of aromatic hydroxyl groups is 1. The van der Waals surface area contributed by atoms with Gasteiger partial charge < -0.3 is 20.3 Å². The second-order valence-electron chi connectivity index (χ2n) is 4.66. The van der Waals surface area contributed by atoms with E-state index in [1.54, 1.807) is 42.5 Å². The molecule has 6 heteroatoms. The molecule has 5 nitrogen and oxygen atoms in total. The molecule has 0 radical (unpaired) electrons. The third kappa shape index (κ3) is 6.69. The third-order valence-corrected chi connectivity index (χ3v) is 2.89. The van der Waals surface area contributed by atoms with Gasteiger partial charge in [-0.2, -0.15) is 0 Å². The van der Waals surface area contributed by atoms with Crippen LogP contribution in [0.2, 0.25) is 0 Å². The van der Waals surface area contributed by atoms with Gasteiger partial charge in [-0.25, -0.2) is 0 Å². The standard InChI is InChI=1S/C17H15NO4.Na/c19-15-8-3-12(4-9-15)5-10-16(20)18-14-6-1-13(2-7-14)11-17(21)22;/h1-10,19H,11H2,(H,18,20)(H,21,22);/q;+1/p-1. The molecule has 0 aliphatic heterocycles. The molecule has 0 unspecified atom stereocenters. The van der Waals surface area contributed by atoms with E-state index in [9.17, 15) is 14.7 Å². The molecule has 23 heavy (non-hydrogen) atoms. The van der Waals surface area contributed by atoms with Crippen molar-refractivity contribution >= 4 is 23.6 Å². The molecule has 2 N–H and O–H groups in total. The van der Waals surface area contributed by atoms with Gasteiger partial charge in [0.1, 0.15) is 5.75 Å². The van der Waals surface area contributed by atoms with Crippen molar-refractivity contribution in [2.45, 2.75) is 6.42 Å². The zero-order valence-electron chi connectivity index (χ0n) is 12.7. The molecule has 0 aromatic heterocycles. The Kier molecular flexibility index (Phi) is 7.54. The van der Waals surface area contributed by atoms with Crippen LogP contribution in [-0.4, -0.2) is 17.0 Å². The van der Waals surface area contributed by atoms with Gasteiger partial charge in [-0.3, -0.25) is 4.79 Å². The van der Waals surface area contributed by atoms with Crippen molar-refractivity contribution in [2.75, 3.05) is 5.32 Å². The van der Waals surface area contributed by atoms with Crippen molar-refractivity contribution in [2.24, 2.45) is 0 Å². The molecule has 0 bridgehead atoms. The van der Waals surface area contributed by atoms with Crippen LogP contribution in [0.4, 0.5) is 5.69 Å². The Labute approximate surface area is 155 Å². The average molecular weight is 319 g/mol. The number of carbonyl (C=O) groups is 2. The van der Waals surface area contributed by atoms with Crippen LogP contribution in [0, 0.1) is 0 Å². The van der Waals surface area contributed by atoms with Crippen LogP contribution in [0.1, 0.15) is 11.1 Å². The molecule has 0 aliphatic rings. The molecule has 0 spiro atoms. The van der Waals surface area contributed by atoms with Crippen molar-refractivity contribution in [3.8, 4) is 5.75 Å². The van der Waals surface area contributed by atoms with Crippen molar-refractivity contribution in [1.29, 1.82) is 0 Å². The minimum Gasteiger partial charge on any atom is -0.550 e. The largest absolute Gasteiger partial charge is 1.00 e. The maximum atomic E-state index is 11.8. The number of benzene rings is 2. The smallest absolute Gasteiger partial charge is 0.550 e. The number of aliphatic carboxylic acids is 1. The van der Waals surface area contributed by atoms with E-state index in [0.717, 1.165) is 5.56 Å². The van der Waals surface area contributed by atoms with E-state index in [4.69, 9.17) is 5.11 Å². The van der Waals surface area contributed by atoms with Crippen molar-refractivity contribution in [3.63, 3.8) is 0 Å². The fourth-order valence-corrected chi connectivity index (χ4v) is 1.81. The zero-order chi connectivity index (χ0) is 15.9. The van der Waals surface area contributed by atoms with E-state index in [2.05, 4.69) is 5.32 Å². The molecule has 0 fully saturated rings. The Balaban J connectivity index is 0.00000264. The number of carboxylic acid groups (broad SMARTS) is 1. The van der Waals surface area contributed by atoms with Crippen LogP contribution in [0.5, 0.6) is 5.75 Å². The van der Waals surface area contributed by atoms with E-state index in [0.29, 0.717) is 11.3 Å². The summed E-state index contributed by atoms with van der Waals surface area (Å²) in [6, 6.07) is 12.9. The second-order valence-corrected chi connectivity index (χ2v) is 4.66. The van der Waals surface area contributed by atoms with Gasteiger partial charge in [0.25, 0.3) is 0 Å². The van der Waals surface area contributed by atoms with E-state index in [1.807, 2.05) is 0 Å². The molecule has 0 heterocycles. The minimum absolute atomic E-state index is 0. The normalized spacial score (nSPS) is 10.1. The molecule has 0 saturated heterocycles. The summed E-state index contributed by atoms with van der Waals surface area (Å²) in [4.78, 5) is 22.2. The van der Waals surface area contributed by atoms with Crippen molar-refractivity contribution < 1.29 is 49.4 Å². The van der Waals surface area contributed by atoms with Gasteiger partial charge in [0, 0.05) is 24.2 Å². The summed E-state index contributed by atoms with van der Waals surface area (Å²) in [5.74, 6) is -1.28. The van der Waals surface area contributed by atoms with E-state index in [-0.39, 0.29) is 47.6 Å². The quantitative estimate of drug-likeness (QED) is 0.510. The maximum Gasteiger partial charge on any atom is 1.00 e. The number of phenolic OH excluding ortho intramolecular Hbond substituents is 1. The number of hydrogen-bond acceptors (Lipinski definition) is 4. The number of phenols is 1. The van der Waals surface area contributed by atoms with Crippen LogP contribution >= 0.6 is 0 Å². The molecule has 0 aliphatic carbocycles. The molecule has 2 aromatic carbocycles. The van der Waals surface area contributed by atoms with Crippen LogP contribution in [-0.2, 0) is 16.0 Å². The Hall–Kier alpha value is -2.08. The number of nitrogens with one attached hydrogen (secondary N) is 1. The van der Waals surface area contributed by atoms with Gasteiger partial charge in [0.05, 0.1) is 0 Å². The number of amides is 1.